The minimum absolute atomic E-state index is 0.0677. The van der Waals surface area contributed by atoms with Gasteiger partial charge in [-0.1, -0.05) is 0 Å². The molecule has 0 bridgehead atoms. The van der Waals surface area contributed by atoms with Crippen molar-refractivity contribution in [1.82, 2.24) is 9.97 Å². The van der Waals surface area contributed by atoms with Crippen molar-refractivity contribution in [3.8, 4) is 21.3 Å². The summed E-state index contributed by atoms with van der Waals surface area (Å²) in [4.78, 5) is 20.2. The number of carbonyl (C=O) groups is 1. The fourth-order valence-electron chi connectivity index (χ4n) is 1.73. The van der Waals surface area contributed by atoms with E-state index in [9.17, 15) is 4.79 Å². The van der Waals surface area contributed by atoms with Crippen LogP contribution in [0, 0.1) is 0 Å². The minimum Gasteiger partial charge on any atom is -0.481 e. The number of carboxylic acid groups (broad SMARTS) is 1. The number of rotatable bonds is 4. The van der Waals surface area contributed by atoms with Crippen LogP contribution in [0.3, 0.4) is 0 Å². The van der Waals surface area contributed by atoms with Gasteiger partial charge < -0.3 is 10.1 Å². The van der Waals surface area contributed by atoms with Crippen LogP contribution in [0.2, 0.25) is 0 Å². The van der Waals surface area contributed by atoms with Crippen LogP contribution in [0.4, 0.5) is 0 Å². The van der Waals surface area contributed by atoms with Crippen molar-refractivity contribution in [2.24, 2.45) is 0 Å². The Morgan fingerprint density at radius 2 is 2.26 bits per heavy atom. The summed E-state index contributed by atoms with van der Waals surface area (Å²) in [5.74, 6) is -0.807. The van der Waals surface area contributed by atoms with E-state index in [1.807, 2.05) is 35.8 Å². The van der Waals surface area contributed by atoms with Gasteiger partial charge in [0, 0.05) is 16.5 Å². The zero-order chi connectivity index (χ0) is 13.2. The van der Waals surface area contributed by atoms with Crippen molar-refractivity contribution in [2.75, 3.05) is 0 Å². The first kappa shape index (κ1) is 12.1. The normalized spacial score (nSPS) is 10.7. The summed E-state index contributed by atoms with van der Waals surface area (Å²) in [5, 5.41) is 11.7. The van der Waals surface area contributed by atoms with Crippen LogP contribution < -0.4 is 0 Å². The van der Waals surface area contributed by atoms with E-state index in [1.165, 1.54) is 11.3 Å². The van der Waals surface area contributed by atoms with E-state index in [0.29, 0.717) is 0 Å². The number of nitrogens with one attached hydrogen (secondary N) is 1. The van der Waals surface area contributed by atoms with Crippen LogP contribution >= 0.6 is 22.7 Å². The predicted octanol–water partition coefficient (Wildman–Crippen LogP) is 3.49. The molecular weight excluding hydrogens is 280 g/mol. The van der Waals surface area contributed by atoms with Gasteiger partial charge in [0.15, 0.2) is 0 Å². The third-order valence-corrected chi connectivity index (χ3v) is 4.56. The Labute approximate surface area is 117 Å². The molecule has 3 aromatic heterocycles. The second kappa shape index (κ2) is 4.99. The average Bonchev–Trinajstić information content (AvgIpc) is 3.09. The van der Waals surface area contributed by atoms with Gasteiger partial charge in [0.1, 0.15) is 5.01 Å². The molecule has 2 N–H and O–H groups in total. The number of aliphatic carboxylic acids is 1. The molecule has 0 atom stereocenters. The second-order valence-electron chi connectivity index (χ2n) is 3.96. The maximum Gasteiger partial charge on any atom is 0.308 e. The summed E-state index contributed by atoms with van der Waals surface area (Å²) in [6, 6.07) is 7.69. The SMILES string of the molecule is O=C(O)Cc1ccc(-c2csc(-c3ccc[nH]3)n2)s1. The molecule has 4 nitrogen and oxygen atoms in total. The van der Waals surface area contributed by atoms with E-state index in [1.54, 1.807) is 11.3 Å². The van der Waals surface area contributed by atoms with Crippen molar-refractivity contribution in [2.45, 2.75) is 6.42 Å². The van der Waals surface area contributed by atoms with E-state index in [-0.39, 0.29) is 6.42 Å². The van der Waals surface area contributed by atoms with Crippen molar-refractivity contribution >= 4 is 28.6 Å². The fraction of sp³-hybridized carbons (Fsp3) is 0.0769. The fourth-order valence-corrected chi connectivity index (χ4v) is 3.58. The number of nitrogens with zero attached hydrogens (tertiary/aromatic N) is 1. The van der Waals surface area contributed by atoms with Crippen LogP contribution in [0.15, 0.2) is 35.8 Å². The molecule has 6 heteroatoms. The first-order chi connectivity index (χ1) is 9.22. The molecular formula is C13H10N2O2S2. The summed E-state index contributed by atoms with van der Waals surface area (Å²) in [5.41, 5.74) is 1.90. The lowest BCUT2D eigenvalue weighted by molar-refractivity contribution is -0.136. The largest absolute Gasteiger partial charge is 0.481 e. The van der Waals surface area contributed by atoms with E-state index in [4.69, 9.17) is 5.11 Å². The number of aromatic amines is 1. The highest BCUT2D eigenvalue weighted by Gasteiger charge is 2.10. The first-order valence-corrected chi connectivity index (χ1v) is 7.32. The molecule has 0 aliphatic rings. The van der Waals surface area contributed by atoms with Gasteiger partial charge in [-0.3, -0.25) is 4.79 Å². The van der Waals surface area contributed by atoms with Gasteiger partial charge in [-0.25, -0.2) is 4.98 Å². The molecule has 0 spiro atoms. The smallest absolute Gasteiger partial charge is 0.308 e. The van der Waals surface area contributed by atoms with Crippen LogP contribution in [0.25, 0.3) is 21.3 Å². The van der Waals surface area contributed by atoms with E-state index in [0.717, 1.165) is 26.1 Å². The Morgan fingerprint density at radius 1 is 1.37 bits per heavy atom. The average molecular weight is 290 g/mol. The number of H-pyrrole nitrogens is 1. The highest BCUT2D eigenvalue weighted by molar-refractivity contribution is 7.16. The Balaban J connectivity index is 1.86. The molecule has 0 aliphatic carbocycles. The number of hydrogen-bond donors (Lipinski definition) is 2. The minimum atomic E-state index is -0.807. The van der Waals surface area contributed by atoms with Crippen molar-refractivity contribution in [3.05, 3.63) is 40.7 Å². The maximum atomic E-state index is 10.7. The zero-order valence-electron chi connectivity index (χ0n) is 9.79. The molecule has 19 heavy (non-hydrogen) atoms. The van der Waals surface area contributed by atoms with Gasteiger partial charge in [0.2, 0.25) is 0 Å². The molecule has 0 saturated carbocycles. The summed E-state index contributed by atoms with van der Waals surface area (Å²) in [6.45, 7) is 0. The summed E-state index contributed by atoms with van der Waals surface area (Å²) in [7, 11) is 0. The van der Waals surface area contributed by atoms with Crippen molar-refractivity contribution < 1.29 is 9.90 Å². The first-order valence-electron chi connectivity index (χ1n) is 5.62. The molecule has 96 valence electrons. The standard InChI is InChI=1S/C13H10N2O2S2/c16-12(17)6-8-3-4-11(19-8)10-7-18-13(15-10)9-2-1-5-14-9/h1-5,7,14H,6H2,(H,16,17). The van der Waals surface area contributed by atoms with Crippen molar-refractivity contribution in [1.29, 1.82) is 0 Å². The molecule has 3 aromatic rings. The lowest BCUT2D eigenvalue weighted by atomic mass is 10.3. The topological polar surface area (TPSA) is 66.0 Å². The second-order valence-corrected chi connectivity index (χ2v) is 5.98. The highest BCUT2D eigenvalue weighted by Crippen LogP contribution is 2.32. The molecule has 3 rings (SSSR count). The summed E-state index contributed by atoms with van der Waals surface area (Å²) >= 11 is 3.05. The number of aromatic nitrogens is 2. The Morgan fingerprint density at radius 3 is 3.00 bits per heavy atom. The predicted molar refractivity (Wildman–Crippen MR) is 76.6 cm³/mol. The van der Waals surface area contributed by atoms with E-state index < -0.39 is 5.97 Å². The van der Waals surface area contributed by atoms with Gasteiger partial charge in [0.25, 0.3) is 0 Å². The number of thiophene rings is 1. The molecule has 3 heterocycles. The quantitative estimate of drug-likeness (QED) is 0.773. The highest BCUT2D eigenvalue weighted by atomic mass is 32.1. The van der Waals surface area contributed by atoms with Crippen LogP contribution in [-0.2, 0) is 11.2 Å². The molecule has 0 aliphatic heterocycles. The van der Waals surface area contributed by atoms with Gasteiger partial charge in [0.05, 0.1) is 22.7 Å². The van der Waals surface area contributed by atoms with E-state index >= 15 is 0 Å². The monoisotopic (exact) mass is 290 g/mol. The third kappa shape index (κ3) is 2.59. The molecule has 0 saturated heterocycles. The number of carboxylic acids is 1. The van der Waals surface area contributed by atoms with Gasteiger partial charge in [-0.05, 0) is 24.3 Å². The van der Waals surface area contributed by atoms with Crippen LogP contribution in [-0.4, -0.2) is 21.0 Å². The lowest BCUT2D eigenvalue weighted by Crippen LogP contribution is -1.96. The Bertz CT molecular complexity index is 698. The number of hydrogen-bond acceptors (Lipinski definition) is 4. The van der Waals surface area contributed by atoms with Crippen LogP contribution in [0.5, 0.6) is 0 Å². The van der Waals surface area contributed by atoms with Gasteiger partial charge in [-0.2, -0.15) is 0 Å². The lowest BCUT2D eigenvalue weighted by Gasteiger charge is -1.91. The third-order valence-electron chi connectivity index (χ3n) is 2.57. The summed E-state index contributed by atoms with van der Waals surface area (Å²) < 4.78 is 0. The summed E-state index contributed by atoms with van der Waals surface area (Å²) in [6.07, 6.45) is 1.94. The van der Waals surface area contributed by atoms with Gasteiger partial charge >= 0.3 is 5.97 Å². The van der Waals surface area contributed by atoms with Crippen LogP contribution in [0.1, 0.15) is 4.88 Å². The molecule has 0 fully saturated rings. The maximum absolute atomic E-state index is 10.7. The molecule has 0 amide bonds. The number of thiazole rings is 1. The van der Waals surface area contributed by atoms with Crippen molar-refractivity contribution in [3.63, 3.8) is 0 Å². The molecule has 0 aromatic carbocycles. The van der Waals surface area contributed by atoms with Gasteiger partial charge in [-0.15, -0.1) is 22.7 Å². The Hall–Kier alpha value is -1.92. The molecule has 0 radical (unpaired) electrons. The Kier molecular flexibility index (Phi) is 3.18. The zero-order valence-corrected chi connectivity index (χ0v) is 11.4. The molecule has 0 unspecified atom stereocenters. The van der Waals surface area contributed by atoms with E-state index in [2.05, 4.69) is 9.97 Å².